The Morgan fingerprint density at radius 3 is 2.43 bits per heavy atom. The van der Waals surface area contributed by atoms with Crippen molar-refractivity contribution >= 4 is 11.6 Å². The third kappa shape index (κ3) is 4.44. The largest absolute Gasteiger partial charge is 0.396 e. The number of carbonyl (C=O) groups excluding carboxylic acids is 1. The van der Waals surface area contributed by atoms with Gasteiger partial charge in [0.05, 0.1) is 0 Å². The van der Waals surface area contributed by atoms with Gasteiger partial charge in [-0.2, -0.15) is 0 Å². The van der Waals surface area contributed by atoms with E-state index in [9.17, 15) is 4.79 Å². The molecule has 1 heterocycles. The zero-order chi connectivity index (χ0) is 15.1. The van der Waals surface area contributed by atoms with Crippen molar-refractivity contribution in [2.45, 2.75) is 13.3 Å². The molecule has 1 aromatic rings. The maximum atomic E-state index is 11.9. The Balaban J connectivity index is 1.88. The molecular formula is C16H25N3O2. The molecule has 0 bridgehead atoms. The zero-order valence-corrected chi connectivity index (χ0v) is 12.7. The summed E-state index contributed by atoms with van der Waals surface area (Å²) in [5, 5.41) is 11.5. The molecule has 116 valence electrons. The fourth-order valence-electron chi connectivity index (χ4n) is 2.53. The Hall–Kier alpha value is -1.59. The predicted octanol–water partition coefficient (Wildman–Crippen LogP) is 0.941. The molecule has 1 aliphatic heterocycles. The molecule has 0 aromatic heterocycles. The summed E-state index contributed by atoms with van der Waals surface area (Å²) in [6.07, 6.45) is 0.589. The van der Waals surface area contributed by atoms with Crippen molar-refractivity contribution in [1.29, 1.82) is 0 Å². The van der Waals surface area contributed by atoms with Crippen molar-refractivity contribution < 1.29 is 9.90 Å². The van der Waals surface area contributed by atoms with Crippen molar-refractivity contribution in [1.82, 2.24) is 10.2 Å². The fraction of sp³-hybridized carbons (Fsp3) is 0.562. The van der Waals surface area contributed by atoms with Crippen LogP contribution in [0.15, 0.2) is 24.3 Å². The SMILES string of the molecule is CCN1CCN(c2ccc(C(=O)NCCCO)cc2)CC1. The lowest BCUT2D eigenvalue weighted by Gasteiger charge is -2.35. The number of hydrogen-bond donors (Lipinski definition) is 2. The molecular weight excluding hydrogens is 266 g/mol. The first-order valence-corrected chi connectivity index (χ1v) is 7.71. The first-order valence-electron chi connectivity index (χ1n) is 7.71. The van der Waals surface area contributed by atoms with Gasteiger partial charge in [-0.15, -0.1) is 0 Å². The Morgan fingerprint density at radius 2 is 1.86 bits per heavy atom. The van der Waals surface area contributed by atoms with Crippen molar-refractivity contribution in [3.05, 3.63) is 29.8 Å². The molecule has 1 amide bonds. The molecule has 5 nitrogen and oxygen atoms in total. The number of aliphatic hydroxyl groups excluding tert-OH is 1. The molecule has 0 radical (unpaired) electrons. The minimum Gasteiger partial charge on any atom is -0.396 e. The smallest absolute Gasteiger partial charge is 0.251 e. The fourth-order valence-corrected chi connectivity index (χ4v) is 2.53. The molecule has 1 aliphatic rings. The number of aliphatic hydroxyl groups is 1. The average molecular weight is 291 g/mol. The van der Waals surface area contributed by atoms with Crippen LogP contribution in [0.2, 0.25) is 0 Å². The van der Waals surface area contributed by atoms with E-state index in [1.165, 1.54) is 5.69 Å². The number of hydrogen-bond acceptors (Lipinski definition) is 4. The Labute approximate surface area is 126 Å². The zero-order valence-electron chi connectivity index (χ0n) is 12.7. The molecule has 0 saturated carbocycles. The number of amides is 1. The number of carbonyl (C=O) groups is 1. The van der Waals surface area contributed by atoms with Crippen molar-refractivity contribution in [3.63, 3.8) is 0 Å². The van der Waals surface area contributed by atoms with Gasteiger partial charge in [0.2, 0.25) is 0 Å². The molecule has 1 aromatic carbocycles. The summed E-state index contributed by atoms with van der Waals surface area (Å²) < 4.78 is 0. The molecule has 0 unspecified atom stereocenters. The highest BCUT2D eigenvalue weighted by Gasteiger charge is 2.16. The van der Waals surface area contributed by atoms with Crippen molar-refractivity contribution in [3.8, 4) is 0 Å². The summed E-state index contributed by atoms with van der Waals surface area (Å²) >= 11 is 0. The first kappa shape index (κ1) is 15.8. The van der Waals surface area contributed by atoms with Crippen LogP contribution in [0, 0.1) is 0 Å². The third-order valence-corrected chi connectivity index (χ3v) is 3.93. The van der Waals surface area contributed by atoms with Crippen LogP contribution in [0.5, 0.6) is 0 Å². The number of piperazine rings is 1. The molecule has 0 atom stereocenters. The molecule has 21 heavy (non-hydrogen) atoms. The Bertz CT molecular complexity index is 439. The van der Waals surface area contributed by atoms with E-state index >= 15 is 0 Å². The minimum atomic E-state index is -0.0780. The quantitative estimate of drug-likeness (QED) is 0.766. The standard InChI is InChI=1S/C16H25N3O2/c1-2-18-9-11-19(12-10-18)15-6-4-14(5-7-15)16(21)17-8-3-13-20/h4-7,20H,2-3,8-13H2,1H3,(H,17,21). The van der Waals surface area contributed by atoms with E-state index in [-0.39, 0.29) is 12.5 Å². The van der Waals surface area contributed by atoms with E-state index in [0.717, 1.165) is 32.7 Å². The van der Waals surface area contributed by atoms with Crippen molar-refractivity contribution in [2.24, 2.45) is 0 Å². The molecule has 2 rings (SSSR count). The lowest BCUT2D eigenvalue weighted by molar-refractivity contribution is 0.0951. The summed E-state index contributed by atoms with van der Waals surface area (Å²) in [5.74, 6) is -0.0780. The number of likely N-dealkylation sites (N-methyl/N-ethyl adjacent to an activating group) is 1. The summed E-state index contributed by atoms with van der Waals surface area (Å²) in [6, 6.07) is 7.77. The second-order valence-electron chi connectivity index (χ2n) is 5.30. The topological polar surface area (TPSA) is 55.8 Å². The second kappa shape index (κ2) is 8.00. The molecule has 5 heteroatoms. The van der Waals surface area contributed by atoms with Gasteiger partial charge in [0.15, 0.2) is 0 Å². The molecule has 2 N–H and O–H groups in total. The lowest BCUT2D eigenvalue weighted by atomic mass is 10.1. The maximum Gasteiger partial charge on any atom is 0.251 e. The van der Waals surface area contributed by atoms with Gasteiger partial charge in [0.1, 0.15) is 0 Å². The summed E-state index contributed by atoms with van der Waals surface area (Å²) in [7, 11) is 0. The van der Waals surface area contributed by atoms with E-state index in [2.05, 4.69) is 22.0 Å². The van der Waals surface area contributed by atoms with Crippen LogP contribution in [0.3, 0.4) is 0 Å². The lowest BCUT2D eigenvalue weighted by Crippen LogP contribution is -2.46. The molecule has 1 saturated heterocycles. The van der Waals surface area contributed by atoms with E-state index in [1.807, 2.05) is 24.3 Å². The highest BCUT2D eigenvalue weighted by Crippen LogP contribution is 2.17. The van der Waals surface area contributed by atoms with Gasteiger partial charge >= 0.3 is 0 Å². The van der Waals surface area contributed by atoms with Gasteiger partial charge in [0, 0.05) is 50.6 Å². The molecule has 0 spiro atoms. The normalized spacial score (nSPS) is 16.0. The number of nitrogens with zero attached hydrogens (tertiary/aromatic N) is 2. The summed E-state index contributed by atoms with van der Waals surface area (Å²) in [4.78, 5) is 16.7. The maximum absolute atomic E-state index is 11.9. The monoisotopic (exact) mass is 291 g/mol. The van der Waals surface area contributed by atoms with E-state index < -0.39 is 0 Å². The number of nitrogens with one attached hydrogen (secondary N) is 1. The number of anilines is 1. The van der Waals surface area contributed by atoms with Gasteiger partial charge < -0.3 is 20.2 Å². The van der Waals surface area contributed by atoms with Crippen LogP contribution in [0.25, 0.3) is 0 Å². The highest BCUT2D eigenvalue weighted by atomic mass is 16.3. The summed E-state index contributed by atoms with van der Waals surface area (Å²) in [5.41, 5.74) is 1.85. The second-order valence-corrected chi connectivity index (χ2v) is 5.30. The molecule has 0 aliphatic carbocycles. The van der Waals surface area contributed by atoms with Gasteiger partial charge in [-0.25, -0.2) is 0 Å². The van der Waals surface area contributed by atoms with E-state index in [1.54, 1.807) is 0 Å². The third-order valence-electron chi connectivity index (χ3n) is 3.93. The predicted molar refractivity (Wildman–Crippen MR) is 84.8 cm³/mol. The average Bonchev–Trinajstić information content (AvgIpc) is 2.55. The van der Waals surface area contributed by atoms with E-state index in [0.29, 0.717) is 18.5 Å². The number of benzene rings is 1. The first-order chi connectivity index (χ1) is 10.2. The number of rotatable bonds is 6. The van der Waals surface area contributed by atoms with Crippen molar-refractivity contribution in [2.75, 3.05) is 50.8 Å². The van der Waals surface area contributed by atoms with Gasteiger partial charge in [-0.3, -0.25) is 4.79 Å². The van der Waals surface area contributed by atoms with Crippen LogP contribution in [0.1, 0.15) is 23.7 Å². The van der Waals surface area contributed by atoms with Crippen LogP contribution >= 0.6 is 0 Å². The molecule has 1 fully saturated rings. The van der Waals surface area contributed by atoms with Crippen LogP contribution in [0.4, 0.5) is 5.69 Å². The van der Waals surface area contributed by atoms with Crippen LogP contribution in [-0.4, -0.2) is 61.8 Å². The van der Waals surface area contributed by atoms with Crippen LogP contribution in [-0.2, 0) is 0 Å². The summed E-state index contributed by atoms with van der Waals surface area (Å²) in [6.45, 7) is 8.19. The van der Waals surface area contributed by atoms with Gasteiger partial charge in [-0.1, -0.05) is 6.92 Å². The van der Waals surface area contributed by atoms with Gasteiger partial charge in [-0.05, 0) is 37.2 Å². The Morgan fingerprint density at radius 1 is 1.19 bits per heavy atom. The van der Waals surface area contributed by atoms with Gasteiger partial charge in [0.25, 0.3) is 5.91 Å². The highest BCUT2D eigenvalue weighted by molar-refractivity contribution is 5.94. The van der Waals surface area contributed by atoms with Crippen LogP contribution < -0.4 is 10.2 Å². The minimum absolute atomic E-state index is 0.0780. The van der Waals surface area contributed by atoms with E-state index in [4.69, 9.17) is 5.11 Å². The Kier molecular flexibility index (Phi) is 6.02.